The molecule has 6 nitrogen and oxygen atoms in total. The highest BCUT2D eigenvalue weighted by Crippen LogP contribution is 2.54. The summed E-state index contributed by atoms with van der Waals surface area (Å²) in [7, 11) is 0. The molecule has 25 heavy (non-hydrogen) atoms. The first-order valence-corrected chi connectivity index (χ1v) is 8.77. The van der Waals surface area contributed by atoms with Crippen LogP contribution in [0, 0.1) is 5.92 Å². The van der Waals surface area contributed by atoms with Crippen LogP contribution in [0.5, 0.6) is 0 Å². The van der Waals surface area contributed by atoms with Gasteiger partial charge in [-0.1, -0.05) is 19.9 Å². The first-order chi connectivity index (χ1) is 11.8. The third-order valence-electron chi connectivity index (χ3n) is 4.79. The number of epoxide rings is 1. The quantitative estimate of drug-likeness (QED) is 0.564. The molecule has 1 aliphatic carbocycles. The van der Waals surface area contributed by atoms with Crippen LogP contribution in [0.3, 0.4) is 0 Å². The summed E-state index contributed by atoms with van der Waals surface area (Å²) in [5.74, 6) is -1.00. The normalized spacial score (nSPS) is 30.8. The highest BCUT2D eigenvalue weighted by molar-refractivity contribution is 6.15. The zero-order valence-electron chi connectivity index (χ0n) is 15.4. The van der Waals surface area contributed by atoms with Crippen LogP contribution in [0.25, 0.3) is 0 Å². The summed E-state index contributed by atoms with van der Waals surface area (Å²) in [5.41, 5.74) is 2.50. The molecule has 1 spiro atoms. The molecule has 2 heterocycles. The zero-order chi connectivity index (χ0) is 18.4. The molecule has 0 radical (unpaired) electrons. The Labute approximate surface area is 147 Å². The van der Waals surface area contributed by atoms with Crippen LogP contribution >= 0.6 is 0 Å². The number of aliphatic imine (C=N–C) groups is 1. The molecular formula is C19H25NO5. The van der Waals surface area contributed by atoms with Gasteiger partial charge in [-0.25, -0.2) is 0 Å². The molecular weight excluding hydrogens is 322 g/mol. The van der Waals surface area contributed by atoms with Crippen molar-refractivity contribution in [3.63, 3.8) is 0 Å². The Bertz CT molecular complexity index is 690. The number of ether oxygens (including phenoxy) is 3. The average molecular weight is 347 g/mol. The van der Waals surface area contributed by atoms with Crippen molar-refractivity contribution in [1.29, 1.82) is 0 Å². The van der Waals surface area contributed by atoms with Crippen LogP contribution in [0.2, 0.25) is 0 Å². The van der Waals surface area contributed by atoms with E-state index in [4.69, 9.17) is 14.2 Å². The van der Waals surface area contributed by atoms with E-state index >= 15 is 0 Å². The van der Waals surface area contributed by atoms with Gasteiger partial charge in [-0.2, -0.15) is 0 Å². The van der Waals surface area contributed by atoms with Gasteiger partial charge in [0.2, 0.25) is 0 Å². The predicted molar refractivity (Wildman–Crippen MR) is 92.3 cm³/mol. The van der Waals surface area contributed by atoms with Crippen LogP contribution in [0.4, 0.5) is 0 Å². The largest absolute Gasteiger partial charge is 0.459 e. The Morgan fingerprint density at radius 1 is 1.36 bits per heavy atom. The van der Waals surface area contributed by atoms with Gasteiger partial charge in [0, 0.05) is 13.5 Å². The monoisotopic (exact) mass is 347 g/mol. The first kappa shape index (κ1) is 17.9. The molecule has 1 saturated heterocycles. The lowest BCUT2D eigenvalue weighted by molar-refractivity contribution is -0.164. The Balaban J connectivity index is 1.90. The average Bonchev–Trinajstić information content (AvgIpc) is 3.21. The van der Waals surface area contributed by atoms with Crippen molar-refractivity contribution < 1.29 is 23.8 Å². The van der Waals surface area contributed by atoms with Crippen molar-refractivity contribution in [2.75, 3.05) is 6.54 Å². The molecule has 6 heteroatoms. The fourth-order valence-electron chi connectivity index (χ4n) is 3.50. The highest BCUT2D eigenvalue weighted by atomic mass is 16.6. The van der Waals surface area contributed by atoms with Crippen molar-refractivity contribution in [3.8, 4) is 0 Å². The SMILES string of the molecule is CC(=O)OC(C)C(/C=C1\C=C(C)C2=NCCC3OC213)OC(=O)C(C)C. The fraction of sp³-hybridized carbons (Fsp3) is 0.632. The van der Waals surface area contributed by atoms with E-state index in [0.717, 1.165) is 29.8 Å². The van der Waals surface area contributed by atoms with Crippen LogP contribution in [-0.4, -0.2) is 48.1 Å². The van der Waals surface area contributed by atoms with Crippen molar-refractivity contribution in [2.24, 2.45) is 10.9 Å². The minimum atomic E-state index is -0.668. The minimum Gasteiger partial charge on any atom is -0.459 e. The molecule has 0 bridgehead atoms. The van der Waals surface area contributed by atoms with E-state index < -0.39 is 23.8 Å². The summed E-state index contributed by atoms with van der Waals surface area (Å²) in [6.07, 6.45) is 3.65. The highest BCUT2D eigenvalue weighted by Gasteiger charge is 2.65. The summed E-state index contributed by atoms with van der Waals surface area (Å²) >= 11 is 0. The molecule has 2 aliphatic heterocycles. The lowest BCUT2D eigenvalue weighted by Gasteiger charge is -2.23. The van der Waals surface area contributed by atoms with E-state index in [9.17, 15) is 9.59 Å². The van der Waals surface area contributed by atoms with E-state index in [1.54, 1.807) is 20.8 Å². The van der Waals surface area contributed by atoms with E-state index in [-0.39, 0.29) is 18.0 Å². The van der Waals surface area contributed by atoms with Gasteiger partial charge in [0.1, 0.15) is 12.2 Å². The number of hydrogen-bond donors (Lipinski definition) is 0. The number of esters is 2. The topological polar surface area (TPSA) is 77.5 Å². The van der Waals surface area contributed by atoms with E-state index in [0.29, 0.717) is 0 Å². The summed E-state index contributed by atoms with van der Waals surface area (Å²) in [6.45, 7) is 9.39. The van der Waals surface area contributed by atoms with Gasteiger partial charge >= 0.3 is 11.9 Å². The molecule has 3 aliphatic rings. The van der Waals surface area contributed by atoms with Gasteiger partial charge in [-0.05, 0) is 37.5 Å². The molecule has 0 aromatic heterocycles. The molecule has 136 valence electrons. The summed E-state index contributed by atoms with van der Waals surface area (Å²) in [4.78, 5) is 28.0. The van der Waals surface area contributed by atoms with E-state index in [1.165, 1.54) is 6.92 Å². The second-order valence-electron chi connectivity index (χ2n) is 7.18. The molecule has 0 aromatic carbocycles. The fourth-order valence-corrected chi connectivity index (χ4v) is 3.50. The summed E-state index contributed by atoms with van der Waals surface area (Å²) < 4.78 is 16.8. The van der Waals surface area contributed by atoms with E-state index in [2.05, 4.69) is 4.99 Å². The number of hydrogen-bond acceptors (Lipinski definition) is 6. The number of nitrogens with zero attached hydrogens (tertiary/aromatic N) is 1. The molecule has 3 rings (SSSR count). The number of rotatable bonds is 5. The van der Waals surface area contributed by atoms with Gasteiger partial charge in [-0.15, -0.1) is 0 Å². The Morgan fingerprint density at radius 2 is 2.08 bits per heavy atom. The third kappa shape index (κ3) is 3.15. The zero-order valence-corrected chi connectivity index (χ0v) is 15.4. The second kappa shape index (κ2) is 6.41. The van der Waals surface area contributed by atoms with Crippen molar-refractivity contribution in [2.45, 2.75) is 65.0 Å². The molecule has 4 atom stereocenters. The van der Waals surface area contributed by atoms with E-state index in [1.807, 2.05) is 19.1 Å². The first-order valence-electron chi connectivity index (χ1n) is 8.77. The molecule has 4 unspecified atom stereocenters. The second-order valence-corrected chi connectivity index (χ2v) is 7.18. The van der Waals surface area contributed by atoms with Gasteiger partial charge in [-0.3, -0.25) is 14.6 Å². The van der Waals surface area contributed by atoms with Crippen LogP contribution in [0.1, 0.15) is 41.0 Å². The summed E-state index contributed by atoms with van der Waals surface area (Å²) in [6, 6.07) is 0. The molecule has 0 saturated carbocycles. The van der Waals surface area contributed by atoms with Gasteiger partial charge < -0.3 is 14.2 Å². The minimum absolute atomic E-state index is 0.130. The van der Waals surface area contributed by atoms with Gasteiger partial charge in [0.25, 0.3) is 0 Å². The lowest BCUT2D eigenvalue weighted by Crippen LogP contribution is -2.35. The molecule has 0 N–H and O–H groups in total. The smallest absolute Gasteiger partial charge is 0.309 e. The maximum atomic E-state index is 12.1. The molecule has 1 fully saturated rings. The Hall–Kier alpha value is -1.95. The maximum Gasteiger partial charge on any atom is 0.309 e. The number of carbonyl (C=O) groups is 2. The maximum absolute atomic E-state index is 12.1. The number of carbonyl (C=O) groups excluding carboxylic acids is 2. The standard InChI is InChI=1S/C19H25NO5/c1-10(2)18(22)24-15(12(4)23-13(5)21)9-14-8-11(3)17-19(14)16(25-19)6-7-20-17/h8-10,12,15-16H,6-7H2,1-5H3/b14-9+. The third-order valence-corrected chi connectivity index (χ3v) is 4.79. The molecule has 0 amide bonds. The predicted octanol–water partition coefficient (Wildman–Crippen LogP) is 2.37. The van der Waals surface area contributed by atoms with Gasteiger partial charge in [0.05, 0.1) is 11.6 Å². The Morgan fingerprint density at radius 3 is 2.72 bits per heavy atom. The van der Waals surface area contributed by atoms with Crippen LogP contribution in [0.15, 0.2) is 28.3 Å². The lowest BCUT2D eigenvalue weighted by atomic mass is 9.90. The van der Waals surface area contributed by atoms with Gasteiger partial charge in [0.15, 0.2) is 11.7 Å². The van der Waals surface area contributed by atoms with Crippen molar-refractivity contribution in [3.05, 3.63) is 23.3 Å². The van der Waals surface area contributed by atoms with Crippen molar-refractivity contribution in [1.82, 2.24) is 0 Å². The van der Waals surface area contributed by atoms with Crippen molar-refractivity contribution >= 4 is 17.7 Å². The van der Waals surface area contributed by atoms with Crippen LogP contribution in [-0.2, 0) is 23.8 Å². The molecule has 0 aromatic rings. The summed E-state index contributed by atoms with van der Waals surface area (Å²) in [5, 5.41) is 0. The Kier molecular flexibility index (Phi) is 4.58. The van der Waals surface area contributed by atoms with Crippen LogP contribution < -0.4 is 0 Å².